The van der Waals surface area contributed by atoms with E-state index in [0.717, 1.165) is 19.3 Å². The van der Waals surface area contributed by atoms with Crippen LogP contribution in [0.4, 0.5) is 0 Å². The lowest BCUT2D eigenvalue weighted by Gasteiger charge is -2.24. The Morgan fingerprint density at radius 2 is 2.08 bits per heavy atom. The number of halogens is 1. The zero-order valence-electron chi connectivity index (χ0n) is 15.3. The molecule has 1 saturated heterocycles. The minimum absolute atomic E-state index is 0.0456. The number of nitrogens with zero attached hydrogens (tertiary/aromatic N) is 1. The molecule has 1 fully saturated rings. The highest BCUT2D eigenvalue weighted by Crippen LogP contribution is 2.37. The zero-order valence-corrected chi connectivity index (χ0v) is 16.1. The van der Waals surface area contributed by atoms with Crippen LogP contribution in [0.5, 0.6) is 11.5 Å². The maximum Gasteiger partial charge on any atom is 0.305 e. The molecule has 1 aliphatic heterocycles. The van der Waals surface area contributed by atoms with Crippen molar-refractivity contribution in [1.29, 1.82) is 0 Å². The van der Waals surface area contributed by atoms with Gasteiger partial charge in [-0.05, 0) is 38.3 Å². The SMILES string of the molecule is CCCCOc1c(Cl)cc(C(=O)N2CCCC2CC(=O)O)cc1OCC. The number of aliphatic carboxylic acids is 1. The minimum Gasteiger partial charge on any atom is -0.490 e. The van der Waals surface area contributed by atoms with E-state index in [1.54, 1.807) is 17.0 Å². The van der Waals surface area contributed by atoms with Crippen molar-refractivity contribution >= 4 is 23.5 Å². The highest BCUT2D eigenvalue weighted by molar-refractivity contribution is 6.32. The van der Waals surface area contributed by atoms with Crippen molar-refractivity contribution in [2.45, 2.75) is 52.0 Å². The second-order valence-corrected chi connectivity index (χ2v) is 6.72. The van der Waals surface area contributed by atoms with E-state index in [4.69, 9.17) is 26.2 Å². The number of rotatable bonds is 9. The van der Waals surface area contributed by atoms with Gasteiger partial charge < -0.3 is 19.5 Å². The molecule has 0 bridgehead atoms. The van der Waals surface area contributed by atoms with E-state index in [9.17, 15) is 9.59 Å². The first-order valence-corrected chi connectivity index (χ1v) is 9.47. The summed E-state index contributed by atoms with van der Waals surface area (Å²) in [6.45, 7) is 5.41. The standard InChI is InChI=1S/C19H26ClNO5/c1-3-5-9-26-18-15(20)10-13(11-16(18)25-4-2)19(24)21-8-6-7-14(21)12-17(22)23/h10-11,14H,3-9,12H2,1-2H3,(H,22,23). The third-order valence-corrected chi connectivity index (χ3v) is 4.63. The van der Waals surface area contributed by atoms with Gasteiger partial charge in [0.15, 0.2) is 11.5 Å². The van der Waals surface area contributed by atoms with Gasteiger partial charge in [0, 0.05) is 18.2 Å². The van der Waals surface area contributed by atoms with Crippen LogP contribution in [0.25, 0.3) is 0 Å². The number of carbonyl (C=O) groups excluding carboxylic acids is 1. The van der Waals surface area contributed by atoms with Crippen LogP contribution in [0.15, 0.2) is 12.1 Å². The van der Waals surface area contributed by atoms with E-state index in [2.05, 4.69) is 6.92 Å². The highest BCUT2D eigenvalue weighted by Gasteiger charge is 2.31. The molecule has 1 heterocycles. The van der Waals surface area contributed by atoms with Gasteiger partial charge in [-0.2, -0.15) is 0 Å². The van der Waals surface area contributed by atoms with Crippen molar-refractivity contribution < 1.29 is 24.2 Å². The van der Waals surface area contributed by atoms with Crippen molar-refractivity contribution in [2.24, 2.45) is 0 Å². The second-order valence-electron chi connectivity index (χ2n) is 6.31. The molecule has 1 aromatic carbocycles. The van der Waals surface area contributed by atoms with Crippen LogP contribution in [-0.2, 0) is 4.79 Å². The van der Waals surface area contributed by atoms with Gasteiger partial charge in [0.25, 0.3) is 5.91 Å². The summed E-state index contributed by atoms with van der Waals surface area (Å²) < 4.78 is 11.4. The average Bonchev–Trinajstić information content (AvgIpc) is 3.04. The van der Waals surface area contributed by atoms with Crippen LogP contribution >= 0.6 is 11.6 Å². The van der Waals surface area contributed by atoms with Crippen molar-refractivity contribution in [2.75, 3.05) is 19.8 Å². The van der Waals surface area contributed by atoms with Gasteiger partial charge in [0.2, 0.25) is 0 Å². The Hall–Kier alpha value is -1.95. The van der Waals surface area contributed by atoms with E-state index in [0.29, 0.717) is 48.3 Å². The van der Waals surface area contributed by atoms with Crippen LogP contribution in [0.1, 0.15) is 56.3 Å². The van der Waals surface area contributed by atoms with Gasteiger partial charge in [-0.1, -0.05) is 24.9 Å². The lowest BCUT2D eigenvalue weighted by atomic mass is 10.1. The fourth-order valence-electron chi connectivity index (χ4n) is 3.10. The van der Waals surface area contributed by atoms with Gasteiger partial charge in [0.05, 0.1) is 24.7 Å². The Balaban J connectivity index is 2.25. The molecule has 0 spiro atoms. The number of carboxylic acid groups (broad SMARTS) is 1. The number of carboxylic acids is 1. The fraction of sp³-hybridized carbons (Fsp3) is 0.579. The fourth-order valence-corrected chi connectivity index (χ4v) is 3.36. The van der Waals surface area contributed by atoms with E-state index < -0.39 is 5.97 Å². The van der Waals surface area contributed by atoms with Crippen molar-refractivity contribution in [1.82, 2.24) is 4.90 Å². The van der Waals surface area contributed by atoms with Gasteiger partial charge >= 0.3 is 5.97 Å². The Morgan fingerprint density at radius 3 is 2.73 bits per heavy atom. The first-order valence-electron chi connectivity index (χ1n) is 9.09. The zero-order chi connectivity index (χ0) is 19.1. The summed E-state index contributed by atoms with van der Waals surface area (Å²) in [5, 5.41) is 9.37. The summed E-state index contributed by atoms with van der Waals surface area (Å²) in [7, 11) is 0. The van der Waals surface area contributed by atoms with Crippen LogP contribution in [0.3, 0.4) is 0 Å². The Bertz CT molecular complexity index is 649. The average molecular weight is 384 g/mol. The van der Waals surface area contributed by atoms with E-state index >= 15 is 0 Å². The lowest BCUT2D eigenvalue weighted by Crippen LogP contribution is -2.36. The molecule has 7 heteroatoms. The number of carbonyl (C=O) groups is 2. The smallest absolute Gasteiger partial charge is 0.305 e. The molecule has 1 N–H and O–H groups in total. The molecule has 1 unspecified atom stereocenters. The third-order valence-electron chi connectivity index (χ3n) is 4.35. The molecule has 1 atom stereocenters. The number of amides is 1. The first-order chi connectivity index (χ1) is 12.5. The van der Waals surface area contributed by atoms with Crippen molar-refractivity contribution in [3.05, 3.63) is 22.7 Å². The second kappa shape index (κ2) is 9.67. The van der Waals surface area contributed by atoms with E-state index in [-0.39, 0.29) is 18.4 Å². The monoisotopic (exact) mass is 383 g/mol. The summed E-state index contributed by atoms with van der Waals surface area (Å²) >= 11 is 6.35. The third kappa shape index (κ3) is 5.04. The minimum atomic E-state index is -0.901. The first kappa shape index (κ1) is 20.4. The Morgan fingerprint density at radius 1 is 1.31 bits per heavy atom. The van der Waals surface area contributed by atoms with E-state index in [1.165, 1.54) is 0 Å². The number of ether oxygens (including phenoxy) is 2. The number of hydrogen-bond acceptors (Lipinski definition) is 4. The number of unbranched alkanes of at least 4 members (excludes halogenated alkanes) is 1. The molecule has 1 amide bonds. The molecular formula is C19H26ClNO5. The Kier molecular flexibility index (Phi) is 7.57. The quantitative estimate of drug-likeness (QED) is 0.652. The molecular weight excluding hydrogens is 358 g/mol. The molecule has 26 heavy (non-hydrogen) atoms. The largest absolute Gasteiger partial charge is 0.490 e. The van der Waals surface area contributed by atoms with Crippen LogP contribution < -0.4 is 9.47 Å². The summed E-state index contributed by atoms with van der Waals surface area (Å²) in [5.41, 5.74) is 0.388. The normalized spacial score (nSPS) is 16.6. The van der Waals surface area contributed by atoms with Gasteiger partial charge in [-0.25, -0.2) is 0 Å². The van der Waals surface area contributed by atoms with Crippen molar-refractivity contribution in [3.8, 4) is 11.5 Å². The molecule has 0 radical (unpaired) electrons. The number of hydrogen-bond donors (Lipinski definition) is 1. The topological polar surface area (TPSA) is 76.1 Å². The molecule has 6 nitrogen and oxygen atoms in total. The summed E-state index contributed by atoms with van der Waals surface area (Å²) in [5.74, 6) is -0.241. The van der Waals surface area contributed by atoms with Gasteiger partial charge in [0.1, 0.15) is 0 Å². The maximum absolute atomic E-state index is 12.9. The van der Waals surface area contributed by atoms with Gasteiger partial charge in [-0.3, -0.25) is 9.59 Å². The molecule has 1 aromatic rings. The predicted octanol–water partition coefficient (Wildman–Crippen LogP) is 4.00. The number of likely N-dealkylation sites (tertiary alicyclic amines) is 1. The number of benzene rings is 1. The van der Waals surface area contributed by atoms with Gasteiger partial charge in [-0.15, -0.1) is 0 Å². The van der Waals surface area contributed by atoms with Crippen LogP contribution in [-0.4, -0.2) is 47.7 Å². The van der Waals surface area contributed by atoms with Crippen molar-refractivity contribution in [3.63, 3.8) is 0 Å². The Labute approximate surface area is 159 Å². The highest BCUT2D eigenvalue weighted by atomic mass is 35.5. The summed E-state index contributed by atoms with van der Waals surface area (Å²) in [4.78, 5) is 25.5. The predicted molar refractivity (Wildman–Crippen MR) is 99.3 cm³/mol. The molecule has 144 valence electrons. The molecule has 2 rings (SSSR count). The molecule has 0 saturated carbocycles. The maximum atomic E-state index is 12.9. The molecule has 0 aromatic heterocycles. The summed E-state index contributed by atoms with van der Waals surface area (Å²) in [6, 6.07) is 2.92. The van der Waals surface area contributed by atoms with Crippen LogP contribution in [0.2, 0.25) is 5.02 Å². The van der Waals surface area contributed by atoms with E-state index in [1.807, 2.05) is 6.92 Å². The molecule has 0 aliphatic carbocycles. The lowest BCUT2D eigenvalue weighted by molar-refractivity contribution is -0.137. The summed E-state index contributed by atoms with van der Waals surface area (Å²) in [6.07, 6.45) is 3.34. The van der Waals surface area contributed by atoms with Crippen LogP contribution in [0, 0.1) is 0 Å². The molecule has 1 aliphatic rings.